The summed E-state index contributed by atoms with van der Waals surface area (Å²) in [5, 5.41) is 8.63. The molecule has 76 valence electrons. The van der Waals surface area contributed by atoms with Gasteiger partial charge in [-0.05, 0) is 23.8 Å². The van der Waals surface area contributed by atoms with E-state index in [9.17, 15) is 4.79 Å². The van der Waals surface area contributed by atoms with Crippen LogP contribution >= 0.6 is 15.9 Å². The maximum absolute atomic E-state index is 10.5. The molecular weight excluding hydrogens is 248 g/mol. The van der Waals surface area contributed by atoms with Crippen LogP contribution in [0.2, 0.25) is 0 Å². The fourth-order valence-electron chi connectivity index (χ4n) is 1.08. The Morgan fingerprint density at radius 2 is 2.21 bits per heavy atom. The van der Waals surface area contributed by atoms with Crippen LogP contribution in [0.1, 0.15) is 5.56 Å². The van der Waals surface area contributed by atoms with Gasteiger partial charge >= 0.3 is 5.97 Å². The van der Waals surface area contributed by atoms with E-state index in [1.54, 1.807) is 18.2 Å². The van der Waals surface area contributed by atoms with Crippen molar-refractivity contribution in [3.05, 3.63) is 28.2 Å². The minimum atomic E-state index is -1.02. The van der Waals surface area contributed by atoms with Crippen LogP contribution in [0.4, 0.5) is 5.69 Å². The van der Waals surface area contributed by atoms with Crippen molar-refractivity contribution in [3.63, 3.8) is 0 Å². The molecule has 4 nitrogen and oxygen atoms in total. The normalized spacial score (nSPS) is 12.4. The Bertz CT molecular complexity index is 355. The zero-order valence-corrected chi connectivity index (χ0v) is 8.99. The Morgan fingerprint density at radius 1 is 1.57 bits per heavy atom. The molecule has 1 atom stereocenters. The number of benzene rings is 1. The third kappa shape index (κ3) is 2.71. The maximum Gasteiger partial charge on any atom is 0.320 e. The van der Waals surface area contributed by atoms with Gasteiger partial charge < -0.3 is 16.6 Å². The van der Waals surface area contributed by atoms with Crippen molar-refractivity contribution in [3.8, 4) is 0 Å². The number of hydrogen-bond donors (Lipinski definition) is 3. The average Bonchev–Trinajstić information content (AvgIpc) is 2.11. The molecule has 1 rings (SSSR count). The average molecular weight is 259 g/mol. The van der Waals surface area contributed by atoms with E-state index in [2.05, 4.69) is 15.9 Å². The summed E-state index contributed by atoms with van der Waals surface area (Å²) in [5.74, 6) is -1.02. The van der Waals surface area contributed by atoms with Crippen molar-refractivity contribution in [1.29, 1.82) is 0 Å². The first kappa shape index (κ1) is 11.0. The summed E-state index contributed by atoms with van der Waals surface area (Å²) in [4.78, 5) is 10.5. The van der Waals surface area contributed by atoms with E-state index in [-0.39, 0.29) is 6.42 Å². The molecule has 0 radical (unpaired) electrons. The summed E-state index contributed by atoms with van der Waals surface area (Å²) in [5.41, 5.74) is 12.4. The molecule has 0 amide bonds. The SMILES string of the molecule is Nc1ccc(Br)cc1CC(N)C(=O)O. The van der Waals surface area contributed by atoms with E-state index >= 15 is 0 Å². The number of nitrogens with two attached hydrogens (primary N) is 2. The number of halogens is 1. The minimum Gasteiger partial charge on any atom is -0.480 e. The predicted molar refractivity (Wildman–Crippen MR) is 57.9 cm³/mol. The number of hydrogen-bond acceptors (Lipinski definition) is 3. The smallest absolute Gasteiger partial charge is 0.320 e. The van der Waals surface area contributed by atoms with Gasteiger partial charge in [0.25, 0.3) is 0 Å². The molecule has 0 heterocycles. The van der Waals surface area contributed by atoms with Crippen molar-refractivity contribution >= 4 is 27.6 Å². The molecule has 5 heteroatoms. The highest BCUT2D eigenvalue weighted by Gasteiger charge is 2.13. The topological polar surface area (TPSA) is 89.3 Å². The Hall–Kier alpha value is -1.07. The lowest BCUT2D eigenvalue weighted by molar-refractivity contribution is -0.138. The van der Waals surface area contributed by atoms with Gasteiger partial charge in [0.1, 0.15) is 6.04 Å². The van der Waals surface area contributed by atoms with Crippen LogP contribution < -0.4 is 11.5 Å². The summed E-state index contributed by atoms with van der Waals surface area (Å²) in [6, 6.07) is 4.38. The molecule has 5 N–H and O–H groups in total. The van der Waals surface area contributed by atoms with Crippen molar-refractivity contribution in [2.24, 2.45) is 5.73 Å². The van der Waals surface area contributed by atoms with Gasteiger partial charge in [0.05, 0.1) is 0 Å². The molecule has 0 aromatic heterocycles. The Balaban J connectivity index is 2.85. The number of rotatable bonds is 3. The predicted octanol–water partition coefficient (Wildman–Crippen LogP) is 0.986. The summed E-state index contributed by atoms with van der Waals surface area (Å²) >= 11 is 3.28. The summed E-state index contributed by atoms with van der Waals surface area (Å²) in [7, 11) is 0. The van der Waals surface area contributed by atoms with E-state index < -0.39 is 12.0 Å². The second-order valence-corrected chi connectivity index (χ2v) is 3.91. The molecule has 0 bridgehead atoms. The number of carboxylic acids is 1. The van der Waals surface area contributed by atoms with Gasteiger partial charge in [-0.15, -0.1) is 0 Å². The molecule has 0 saturated heterocycles. The molecule has 0 aliphatic rings. The van der Waals surface area contributed by atoms with E-state index in [1.165, 1.54) is 0 Å². The quantitative estimate of drug-likeness (QED) is 0.706. The molecule has 0 aliphatic heterocycles. The molecule has 1 aromatic carbocycles. The second-order valence-electron chi connectivity index (χ2n) is 2.99. The van der Waals surface area contributed by atoms with Gasteiger partial charge in [-0.2, -0.15) is 0 Å². The number of aliphatic carboxylic acids is 1. The largest absolute Gasteiger partial charge is 0.480 e. The highest BCUT2D eigenvalue weighted by Crippen LogP contribution is 2.19. The number of carboxylic acid groups (broad SMARTS) is 1. The summed E-state index contributed by atoms with van der Waals surface area (Å²) in [6.07, 6.45) is 0.237. The molecule has 0 saturated carbocycles. The fourth-order valence-corrected chi connectivity index (χ4v) is 1.48. The fraction of sp³-hybridized carbons (Fsp3) is 0.222. The van der Waals surface area contributed by atoms with Gasteiger partial charge in [-0.1, -0.05) is 15.9 Å². The molecule has 1 aromatic rings. The van der Waals surface area contributed by atoms with Crippen molar-refractivity contribution in [1.82, 2.24) is 0 Å². The van der Waals surface area contributed by atoms with Crippen LogP contribution in [0.25, 0.3) is 0 Å². The highest BCUT2D eigenvalue weighted by molar-refractivity contribution is 9.10. The monoisotopic (exact) mass is 258 g/mol. The van der Waals surface area contributed by atoms with Crippen molar-refractivity contribution < 1.29 is 9.90 Å². The lowest BCUT2D eigenvalue weighted by atomic mass is 10.1. The van der Waals surface area contributed by atoms with Crippen LogP contribution in [0.3, 0.4) is 0 Å². The lowest BCUT2D eigenvalue weighted by Crippen LogP contribution is -2.32. The molecule has 14 heavy (non-hydrogen) atoms. The van der Waals surface area contributed by atoms with Gasteiger partial charge in [0.2, 0.25) is 0 Å². The molecule has 0 spiro atoms. The Morgan fingerprint density at radius 3 is 2.79 bits per heavy atom. The van der Waals surface area contributed by atoms with Gasteiger partial charge in [0, 0.05) is 16.6 Å². The summed E-state index contributed by atoms with van der Waals surface area (Å²) < 4.78 is 0.860. The second kappa shape index (κ2) is 4.43. The van der Waals surface area contributed by atoms with Crippen LogP contribution in [0.15, 0.2) is 22.7 Å². The molecule has 0 aliphatic carbocycles. The first-order valence-corrected chi connectivity index (χ1v) is 4.82. The van der Waals surface area contributed by atoms with E-state index in [0.29, 0.717) is 5.69 Å². The summed E-state index contributed by atoms with van der Waals surface area (Å²) in [6.45, 7) is 0. The number of anilines is 1. The van der Waals surface area contributed by atoms with Crippen LogP contribution in [0, 0.1) is 0 Å². The van der Waals surface area contributed by atoms with Gasteiger partial charge in [-0.3, -0.25) is 4.79 Å². The lowest BCUT2D eigenvalue weighted by Gasteiger charge is -2.09. The first-order valence-electron chi connectivity index (χ1n) is 4.03. The minimum absolute atomic E-state index is 0.237. The van der Waals surface area contributed by atoms with Crippen LogP contribution in [-0.4, -0.2) is 17.1 Å². The molecule has 0 fully saturated rings. The zero-order valence-electron chi connectivity index (χ0n) is 7.40. The first-order chi connectivity index (χ1) is 6.50. The van der Waals surface area contributed by atoms with Crippen LogP contribution in [-0.2, 0) is 11.2 Å². The van der Waals surface area contributed by atoms with Gasteiger partial charge in [0.15, 0.2) is 0 Å². The van der Waals surface area contributed by atoms with Crippen molar-refractivity contribution in [2.45, 2.75) is 12.5 Å². The Labute approximate surface area is 90.0 Å². The van der Waals surface area contributed by atoms with Gasteiger partial charge in [-0.25, -0.2) is 0 Å². The highest BCUT2D eigenvalue weighted by atomic mass is 79.9. The standard InChI is InChI=1S/C9H11BrN2O2/c10-6-1-2-7(11)5(3-6)4-8(12)9(13)14/h1-3,8H,4,11-12H2,(H,13,14). The van der Waals surface area contributed by atoms with Crippen LogP contribution in [0.5, 0.6) is 0 Å². The van der Waals surface area contributed by atoms with Crippen molar-refractivity contribution in [2.75, 3.05) is 5.73 Å². The molecular formula is C9H11BrN2O2. The Kier molecular flexibility index (Phi) is 3.49. The van der Waals surface area contributed by atoms with E-state index in [1.807, 2.05) is 0 Å². The molecule has 1 unspecified atom stereocenters. The maximum atomic E-state index is 10.5. The van der Waals surface area contributed by atoms with E-state index in [4.69, 9.17) is 16.6 Å². The number of nitrogen functional groups attached to an aromatic ring is 1. The third-order valence-electron chi connectivity index (χ3n) is 1.86. The third-order valence-corrected chi connectivity index (χ3v) is 2.36. The number of carbonyl (C=O) groups is 1. The zero-order chi connectivity index (χ0) is 10.7. The van der Waals surface area contributed by atoms with E-state index in [0.717, 1.165) is 10.0 Å².